The molecule has 0 radical (unpaired) electrons. The highest BCUT2D eigenvalue weighted by Crippen LogP contribution is 2.21. The molecule has 2 N–H and O–H groups in total. The number of carboxylic acid groups (broad SMARTS) is 1. The second kappa shape index (κ2) is 9.98. The van der Waals surface area contributed by atoms with E-state index < -0.39 is 5.97 Å². The standard InChI is InChI=1S/C26H21ClN2O3/c27-21-11-9-19-10-13-22(29-24(19)15-21)12-8-18-4-3-6-23(14-18)28-16-20-5-1-2-7-25(20)32-17-26(30)31/h1-15,28H,16-17H2,(H,30,31)/b12-8+. The number of para-hydroxylation sites is 1. The highest BCUT2D eigenvalue weighted by Gasteiger charge is 2.05. The lowest BCUT2D eigenvalue weighted by atomic mass is 10.1. The first-order valence-electron chi connectivity index (χ1n) is 10.1. The second-order valence-electron chi connectivity index (χ2n) is 7.18. The Kier molecular flexibility index (Phi) is 6.68. The molecule has 0 atom stereocenters. The van der Waals surface area contributed by atoms with Crippen molar-refractivity contribution in [2.45, 2.75) is 6.54 Å². The molecule has 5 nitrogen and oxygen atoms in total. The number of aliphatic carboxylic acids is 1. The summed E-state index contributed by atoms with van der Waals surface area (Å²) < 4.78 is 5.37. The third-order valence-corrected chi connectivity index (χ3v) is 5.05. The number of rotatable bonds is 8. The molecule has 1 heterocycles. The highest BCUT2D eigenvalue weighted by atomic mass is 35.5. The van der Waals surface area contributed by atoms with Crippen LogP contribution in [0.4, 0.5) is 5.69 Å². The molecule has 6 heteroatoms. The molecule has 0 spiro atoms. The number of pyridine rings is 1. The minimum atomic E-state index is -1.00. The van der Waals surface area contributed by atoms with Crippen molar-refractivity contribution >= 4 is 46.3 Å². The molecule has 0 unspecified atom stereocenters. The minimum absolute atomic E-state index is 0.369. The first-order chi connectivity index (χ1) is 15.6. The average molecular weight is 445 g/mol. The van der Waals surface area contributed by atoms with Crippen LogP contribution in [0.5, 0.6) is 5.75 Å². The molecule has 160 valence electrons. The van der Waals surface area contributed by atoms with E-state index in [4.69, 9.17) is 21.4 Å². The van der Waals surface area contributed by atoms with Crippen LogP contribution in [0.2, 0.25) is 5.02 Å². The van der Waals surface area contributed by atoms with Crippen LogP contribution >= 0.6 is 11.6 Å². The zero-order valence-electron chi connectivity index (χ0n) is 17.2. The smallest absolute Gasteiger partial charge is 0.341 e. The van der Waals surface area contributed by atoms with Crippen molar-refractivity contribution in [3.63, 3.8) is 0 Å². The van der Waals surface area contributed by atoms with Gasteiger partial charge in [0.05, 0.1) is 11.2 Å². The molecule has 0 aliphatic rings. The molecule has 3 aromatic carbocycles. The molecule has 32 heavy (non-hydrogen) atoms. The largest absolute Gasteiger partial charge is 0.482 e. The van der Waals surface area contributed by atoms with E-state index in [2.05, 4.69) is 10.3 Å². The van der Waals surface area contributed by atoms with E-state index in [9.17, 15) is 4.79 Å². The zero-order valence-corrected chi connectivity index (χ0v) is 17.9. The van der Waals surface area contributed by atoms with Gasteiger partial charge in [0.2, 0.25) is 0 Å². The molecule has 1 aromatic heterocycles. The predicted octanol–water partition coefficient (Wildman–Crippen LogP) is 6.13. The van der Waals surface area contributed by atoms with E-state index >= 15 is 0 Å². The summed E-state index contributed by atoms with van der Waals surface area (Å²) in [5.74, 6) is -0.447. The van der Waals surface area contributed by atoms with Gasteiger partial charge in [-0.1, -0.05) is 60.1 Å². The summed E-state index contributed by atoms with van der Waals surface area (Å²) >= 11 is 6.08. The van der Waals surface area contributed by atoms with E-state index in [-0.39, 0.29) is 6.61 Å². The number of halogens is 1. The van der Waals surface area contributed by atoms with Crippen LogP contribution in [0.1, 0.15) is 16.8 Å². The number of ether oxygens (including phenoxy) is 1. The molecule has 0 fully saturated rings. The first-order valence-corrected chi connectivity index (χ1v) is 10.5. The summed E-state index contributed by atoms with van der Waals surface area (Å²) in [6.45, 7) is 0.141. The van der Waals surface area contributed by atoms with E-state index in [0.717, 1.165) is 33.4 Å². The first kappa shape index (κ1) is 21.4. The summed E-state index contributed by atoms with van der Waals surface area (Å²) in [5.41, 5.74) is 4.56. The van der Waals surface area contributed by atoms with Crippen LogP contribution in [0, 0.1) is 0 Å². The molecule has 4 rings (SSSR count). The minimum Gasteiger partial charge on any atom is -0.482 e. The zero-order chi connectivity index (χ0) is 22.3. The number of hydrogen-bond acceptors (Lipinski definition) is 4. The third kappa shape index (κ3) is 5.65. The van der Waals surface area contributed by atoms with Crippen molar-refractivity contribution in [1.82, 2.24) is 4.98 Å². The Bertz CT molecular complexity index is 1290. The summed E-state index contributed by atoms with van der Waals surface area (Å²) in [7, 11) is 0. The number of hydrogen-bond donors (Lipinski definition) is 2. The van der Waals surface area contributed by atoms with Crippen LogP contribution < -0.4 is 10.1 Å². The second-order valence-corrected chi connectivity index (χ2v) is 7.61. The SMILES string of the molecule is O=C(O)COc1ccccc1CNc1cccc(/C=C/c2ccc3ccc(Cl)cc3n2)c1. The van der Waals surface area contributed by atoms with Crippen molar-refractivity contribution in [3.8, 4) is 5.75 Å². The number of anilines is 1. The van der Waals surface area contributed by atoms with Crippen LogP contribution in [-0.4, -0.2) is 22.7 Å². The fourth-order valence-corrected chi connectivity index (χ4v) is 3.43. The molecule has 0 saturated carbocycles. The number of benzene rings is 3. The Labute approximate surface area is 191 Å². The Morgan fingerprint density at radius 3 is 2.72 bits per heavy atom. The summed E-state index contributed by atoms with van der Waals surface area (Å²) in [6, 6.07) is 25.1. The lowest BCUT2D eigenvalue weighted by molar-refractivity contribution is -0.139. The number of nitrogens with one attached hydrogen (secondary N) is 1. The third-order valence-electron chi connectivity index (χ3n) is 4.82. The molecule has 4 aromatic rings. The Hall–Kier alpha value is -3.83. The van der Waals surface area contributed by atoms with Gasteiger partial charge < -0.3 is 15.2 Å². The van der Waals surface area contributed by atoms with Gasteiger partial charge in [-0.15, -0.1) is 0 Å². The van der Waals surface area contributed by atoms with Gasteiger partial charge in [-0.25, -0.2) is 9.78 Å². The van der Waals surface area contributed by atoms with Gasteiger partial charge in [0.15, 0.2) is 6.61 Å². The Morgan fingerprint density at radius 2 is 1.84 bits per heavy atom. The summed E-state index contributed by atoms with van der Waals surface area (Å²) in [4.78, 5) is 15.4. The molecule has 0 saturated heterocycles. The lowest BCUT2D eigenvalue weighted by Gasteiger charge is -2.12. The van der Waals surface area contributed by atoms with Crippen LogP contribution in [0.15, 0.2) is 78.9 Å². The normalized spacial score (nSPS) is 11.0. The average Bonchev–Trinajstić information content (AvgIpc) is 2.80. The summed E-state index contributed by atoms with van der Waals surface area (Å²) in [6.07, 6.45) is 3.97. The fourth-order valence-electron chi connectivity index (χ4n) is 3.26. The molecule has 0 aliphatic heterocycles. The van der Waals surface area contributed by atoms with Crippen molar-refractivity contribution in [2.24, 2.45) is 0 Å². The topological polar surface area (TPSA) is 71.5 Å². The molecule has 0 bridgehead atoms. The number of nitrogens with zero attached hydrogens (tertiary/aromatic N) is 1. The van der Waals surface area contributed by atoms with Gasteiger partial charge in [-0.05, 0) is 48.0 Å². The van der Waals surface area contributed by atoms with Crippen molar-refractivity contribution in [1.29, 1.82) is 0 Å². The number of carbonyl (C=O) groups is 1. The number of carboxylic acids is 1. The van der Waals surface area contributed by atoms with Gasteiger partial charge >= 0.3 is 5.97 Å². The van der Waals surface area contributed by atoms with Crippen LogP contribution in [-0.2, 0) is 11.3 Å². The van der Waals surface area contributed by atoms with Crippen LogP contribution in [0.25, 0.3) is 23.1 Å². The summed E-state index contributed by atoms with van der Waals surface area (Å²) in [5, 5.41) is 13.9. The quantitative estimate of drug-likeness (QED) is 0.342. The maximum atomic E-state index is 10.8. The van der Waals surface area contributed by atoms with E-state index in [1.54, 1.807) is 6.07 Å². The van der Waals surface area contributed by atoms with Gasteiger partial charge in [0, 0.05) is 28.2 Å². The highest BCUT2D eigenvalue weighted by molar-refractivity contribution is 6.31. The van der Waals surface area contributed by atoms with Gasteiger partial charge in [-0.2, -0.15) is 0 Å². The molecule has 0 aliphatic carbocycles. The van der Waals surface area contributed by atoms with Gasteiger partial charge in [0.25, 0.3) is 0 Å². The monoisotopic (exact) mass is 444 g/mol. The fraction of sp³-hybridized carbons (Fsp3) is 0.0769. The predicted molar refractivity (Wildman–Crippen MR) is 129 cm³/mol. The Balaban J connectivity index is 1.45. The Morgan fingerprint density at radius 1 is 1.00 bits per heavy atom. The number of fused-ring (bicyclic) bond motifs is 1. The van der Waals surface area contributed by atoms with E-state index in [1.807, 2.05) is 84.9 Å². The van der Waals surface area contributed by atoms with E-state index in [0.29, 0.717) is 17.3 Å². The van der Waals surface area contributed by atoms with Gasteiger partial charge in [0.1, 0.15) is 5.75 Å². The lowest BCUT2D eigenvalue weighted by Crippen LogP contribution is -2.11. The molecular weight excluding hydrogens is 424 g/mol. The van der Waals surface area contributed by atoms with Gasteiger partial charge in [-0.3, -0.25) is 0 Å². The maximum absolute atomic E-state index is 10.8. The number of aromatic nitrogens is 1. The van der Waals surface area contributed by atoms with Crippen LogP contribution in [0.3, 0.4) is 0 Å². The molecular formula is C26H21ClN2O3. The van der Waals surface area contributed by atoms with Crippen molar-refractivity contribution in [2.75, 3.05) is 11.9 Å². The maximum Gasteiger partial charge on any atom is 0.341 e. The van der Waals surface area contributed by atoms with Crippen molar-refractivity contribution in [3.05, 3.63) is 101 Å². The van der Waals surface area contributed by atoms with E-state index in [1.165, 1.54) is 0 Å². The van der Waals surface area contributed by atoms with Crippen molar-refractivity contribution < 1.29 is 14.6 Å². The molecule has 0 amide bonds.